The van der Waals surface area contributed by atoms with Crippen molar-refractivity contribution >= 4 is 11.6 Å². The standard InChI is InChI=1S/C23H28N2O3/c1-27-20-10-9-18-14-19(16-28-22(18)15-20)23(26)24-11-5-13-25-12-4-7-17-6-2-3-8-21(17)25/h2-3,6,8-10,15,19H,4-5,7,11-14,16H2,1H3,(H,24,26)/t19-/m0/s1. The molecule has 0 fully saturated rings. The van der Waals surface area contributed by atoms with Crippen molar-refractivity contribution in [1.82, 2.24) is 5.32 Å². The second-order valence-corrected chi connectivity index (χ2v) is 7.55. The number of para-hydroxylation sites is 1. The molecule has 4 rings (SSSR count). The Bertz CT molecular complexity index is 836. The number of hydrogen-bond donors (Lipinski definition) is 1. The van der Waals surface area contributed by atoms with Crippen LogP contribution in [0.25, 0.3) is 0 Å². The summed E-state index contributed by atoms with van der Waals surface area (Å²) in [6, 6.07) is 14.4. The third-order valence-corrected chi connectivity index (χ3v) is 5.66. The molecule has 0 spiro atoms. The van der Waals surface area contributed by atoms with E-state index < -0.39 is 0 Å². The Morgan fingerprint density at radius 1 is 1.25 bits per heavy atom. The van der Waals surface area contributed by atoms with E-state index in [1.807, 2.05) is 18.2 Å². The van der Waals surface area contributed by atoms with Crippen LogP contribution in [0.3, 0.4) is 0 Å². The minimum atomic E-state index is -0.128. The lowest BCUT2D eigenvalue weighted by molar-refractivity contribution is -0.126. The van der Waals surface area contributed by atoms with Crippen molar-refractivity contribution in [2.75, 3.05) is 38.3 Å². The highest BCUT2D eigenvalue weighted by Gasteiger charge is 2.26. The van der Waals surface area contributed by atoms with Crippen LogP contribution >= 0.6 is 0 Å². The molecule has 0 radical (unpaired) electrons. The zero-order valence-corrected chi connectivity index (χ0v) is 16.4. The first-order valence-electron chi connectivity index (χ1n) is 10.1. The number of methoxy groups -OCH3 is 1. The molecule has 2 heterocycles. The Labute approximate surface area is 166 Å². The molecule has 1 atom stereocenters. The molecule has 1 N–H and O–H groups in total. The molecule has 28 heavy (non-hydrogen) atoms. The van der Waals surface area contributed by atoms with Crippen LogP contribution in [0.15, 0.2) is 42.5 Å². The summed E-state index contributed by atoms with van der Waals surface area (Å²) in [5.74, 6) is 1.56. The summed E-state index contributed by atoms with van der Waals surface area (Å²) < 4.78 is 11.0. The summed E-state index contributed by atoms with van der Waals surface area (Å²) in [6.07, 6.45) is 4.03. The van der Waals surface area contributed by atoms with Crippen LogP contribution in [0.4, 0.5) is 5.69 Å². The average molecular weight is 380 g/mol. The second kappa shape index (κ2) is 8.55. The molecule has 2 aliphatic heterocycles. The molecular formula is C23H28N2O3. The van der Waals surface area contributed by atoms with Gasteiger partial charge in [-0.2, -0.15) is 0 Å². The lowest BCUT2D eigenvalue weighted by Gasteiger charge is -2.31. The molecule has 2 aromatic carbocycles. The molecule has 0 unspecified atom stereocenters. The van der Waals surface area contributed by atoms with Gasteiger partial charge in [0, 0.05) is 31.4 Å². The van der Waals surface area contributed by atoms with Crippen LogP contribution in [-0.4, -0.2) is 39.3 Å². The van der Waals surface area contributed by atoms with Gasteiger partial charge in [-0.1, -0.05) is 24.3 Å². The van der Waals surface area contributed by atoms with Gasteiger partial charge in [-0.3, -0.25) is 4.79 Å². The Morgan fingerprint density at radius 2 is 2.14 bits per heavy atom. The molecule has 1 amide bonds. The smallest absolute Gasteiger partial charge is 0.226 e. The van der Waals surface area contributed by atoms with Gasteiger partial charge in [-0.05, 0) is 48.9 Å². The minimum absolute atomic E-state index is 0.0838. The summed E-state index contributed by atoms with van der Waals surface area (Å²) in [5, 5.41) is 3.10. The number of nitrogens with one attached hydrogen (secondary N) is 1. The van der Waals surface area contributed by atoms with Crippen molar-refractivity contribution in [2.24, 2.45) is 5.92 Å². The van der Waals surface area contributed by atoms with E-state index >= 15 is 0 Å². The SMILES string of the molecule is COc1ccc2c(c1)OC[C@@H](C(=O)NCCCN1CCCc3ccccc31)C2. The van der Waals surface area contributed by atoms with Crippen molar-refractivity contribution in [3.63, 3.8) is 0 Å². The molecule has 0 saturated heterocycles. The third kappa shape index (κ3) is 4.08. The monoisotopic (exact) mass is 380 g/mol. The normalized spacial score (nSPS) is 17.9. The molecule has 2 aliphatic rings. The number of ether oxygens (including phenoxy) is 2. The molecule has 148 valence electrons. The molecule has 0 aliphatic carbocycles. The first-order chi connectivity index (χ1) is 13.7. The number of hydrogen-bond acceptors (Lipinski definition) is 4. The van der Waals surface area contributed by atoms with Crippen molar-refractivity contribution in [3.8, 4) is 11.5 Å². The van der Waals surface area contributed by atoms with Gasteiger partial charge in [0.05, 0.1) is 13.0 Å². The van der Waals surface area contributed by atoms with Crippen molar-refractivity contribution in [1.29, 1.82) is 0 Å². The summed E-state index contributed by atoms with van der Waals surface area (Å²) in [7, 11) is 1.64. The average Bonchev–Trinajstić information content (AvgIpc) is 2.75. The largest absolute Gasteiger partial charge is 0.497 e. The van der Waals surface area contributed by atoms with Crippen LogP contribution in [0.2, 0.25) is 0 Å². The summed E-state index contributed by atoms with van der Waals surface area (Å²) in [4.78, 5) is 15.0. The highest BCUT2D eigenvalue weighted by molar-refractivity contribution is 5.79. The van der Waals surface area contributed by atoms with Crippen molar-refractivity contribution in [3.05, 3.63) is 53.6 Å². The predicted octanol–water partition coefficient (Wildman–Crippen LogP) is 3.21. The van der Waals surface area contributed by atoms with Crippen LogP contribution in [-0.2, 0) is 17.6 Å². The number of benzene rings is 2. The van der Waals surface area contributed by atoms with E-state index in [1.165, 1.54) is 24.1 Å². The maximum atomic E-state index is 12.6. The number of rotatable bonds is 6. The highest BCUT2D eigenvalue weighted by Crippen LogP contribution is 2.31. The van der Waals surface area contributed by atoms with Gasteiger partial charge in [0.2, 0.25) is 5.91 Å². The lowest BCUT2D eigenvalue weighted by atomic mass is 9.96. The number of fused-ring (bicyclic) bond motifs is 2. The Kier molecular flexibility index (Phi) is 5.70. The summed E-state index contributed by atoms with van der Waals surface area (Å²) >= 11 is 0. The second-order valence-electron chi connectivity index (χ2n) is 7.55. The van der Waals surface area contributed by atoms with Crippen LogP contribution in [0, 0.1) is 5.92 Å². The first kappa shape index (κ1) is 18.7. The van der Waals surface area contributed by atoms with Crippen LogP contribution in [0.1, 0.15) is 24.0 Å². The van der Waals surface area contributed by atoms with Crippen LogP contribution in [0.5, 0.6) is 11.5 Å². The van der Waals surface area contributed by atoms with Gasteiger partial charge in [-0.25, -0.2) is 0 Å². The van der Waals surface area contributed by atoms with Gasteiger partial charge < -0.3 is 19.7 Å². The van der Waals surface area contributed by atoms with E-state index in [-0.39, 0.29) is 11.8 Å². The third-order valence-electron chi connectivity index (χ3n) is 5.66. The Morgan fingerprint density at radius 3 is 3.04 bits per heavy atom. The van der Waals surface area contributed by atoms with E-state index in [2.05, 4.69) is 34.5 Å². The highest BCUT2D eigenvalue weighted by atomic mass is 16.5. The number of carbonyl (C=O) groups excluding carboxylic acids is 1. The lowest BCUT2D eigenvalue weighted by Crippen LogP contribution is -2.39. The molecule has 0 saturated carbocycles. The van der Waals surface area contributed by atoms with E-state index in [4.69, 9.17) is 9.47 Å². The Balaban J connectivity index is 1.24. The first-order valence-corrected chi connectivity index (χ1v) is 10.1. The quantitative estimate of drug-likeness (QED) is 0.782. The number of aryl methyl sites for hydroxylation is 1. The van der Waals surface area contributed by atoms with Gasteiger partial charge in [0.25, 0.3) is 0 Å². The fourth-order valence-electron chi connectivity index (χ4n) is 4.12. The maximum absolute atomic E-state index is 12.6. The number of carbonyl (C=O) groups is 1. The van der Waals surface area contributed by atoms with Gasteiger partial charge in [0.1, 0.15) is 18.1 Å². The number of amides is 1. The van der Waals surface area contributed by atoms with E-state index in [0.29, 0.717) is 19.6 Å². The summed E-state index contributed by atoms with van der Waals surface area (Å²) in [6.45, 7) is 3.19. The zero-order chi connectivity index (χ0) is 19.3. The van der Waals surface area contributed by atoms with Crippen molar-refractivity contribution < 1.29 is 14.3 Å². The molecule has 0 bridgehead atoms. The molecule has 5 nitrogen and oxygen atoms in total. The number of nitrogens with zero attached hydrogens (tertiary/aromatic N) is 1. The summed E-state index contributed by atoms with van der Waals surface area (Å²) in [5.41, 5.74) is 3.86. The predicted molar refractivity (Wildman–Crippen MR) is 110 cm³/mol. The van der Waals surface area contributed by atoms with E-state index in [1.54, 1.807) is 7.11 Å². The minimum Gasteiger partial charge on any atom is -0.497 e. The Hall–Kier alpha value is -2.69. The van der Waals surface area contributed by atoms with Crippen LogP contribution < -0.4 is 19.7 Å². The fraction of sp³-hybridized carbons (Fsp3) is 0.435. The fourth-order valence-corrected chi connectivity index (χ4v) is 4.12. The molecule has 5 heteroatoms. The molecule has 2 aromatic rings. The van der Waals surface area contributed by atoms with E-state index in [0.717, 1.165) is 36.6 Å². The van der Waals surface area contributed by atoms with Gasteiger partial charge >= 0.3 is 0 Å². The van der Waals surface area contributed by atoms with Gasteiger partial charge in [0.15, 0.2) is 0 Å². The van der Waals surface area contributed by atoms with Gasteiger partial charge in [-0.15, -0.1) is 0 Å². The van der Waals surface area contributed by atoms with Crippen molar-refractivity contribution in [2.45, 2.75) is 25.7 Å². The topological polar surface area (TPSA) is 50.8 Å². The molecule has 0 aromatic heterocycles. The zero-order valence-electron chi connectivity index (χ0n) is 16.4. The molecular weight excluding hydrogens is 352 g/mol. The number of anilines is 1. The maximum Gasteiger partial charge on any atom is 0.226 e. The van der Waals surface area contributed by atoms with E-state index in [9.17, 15) is 4.79 Å².